The Bertz CT molecular complexity index is 990. The Morgan fingerprint density at radius 2 is 2.00 bits per heavy atom. The number of aromatic nitrogens is 1. The Hall–Kier alpha value is -2.92. The molecule has 1 saturated heterocycles. The molecule has 0 unspecified atom stereocenters. The number of carbonyl (C=O) groups is 1. The molecule has 27 heavy (non-hydrogen) atoms. The van der Waals surface area contributed by atoms with Crippen molar-refractivity contribution in [3.63, 3.8) is 0 Å². The maximum Gasteiger partial charge on any atom is 0.183 e. The summed E-state index contributed by atoms with van der Waals surface area (Å²) in [5.41, 5.74) is 3.72. The second-order valence-corrected chi connectivity index (χ2v) is 6.73. The Kier molecular flexibility index (Phi) is 4.78. The summed E-state index contributed by atoms with van der Waals surface area (Å²) in [5.74, 6) is 0.743. The van der Waals surface area contributed by atoms with Crippen LogP contribution in [0.5, 0.6) is 5.75 Å². The minimum atomic E-state index is -0.305. The van der Waals surface area contributed by atoms with E-state index in [1.54, 1.807) is 6.08 Å². The van der Waals surface area contributed by atoms with Crippen molar-refractivity contribution in [3.8, 4) is 17.0 Å². The first-order valence-corrected chi connectivity index (χ1v) is 8.94. The molecule has 4 nitrogen and oxygen atoms in total. The van der Waals surface area contributed by atoms with E-state index < -0.39 is 0 Å². The molecule has 0 spiro atoms. The first-order valence-electron chi connectivity index (χ1n) is 8.94. The van der Waals surface area contributed by atoms with E-state index in [-0.39, 0.29) is 12.1 Å². The molecule has 132 valence electrons. The largest absolute Gasteiger partial charge is 0.488 e. The highest BCUT2D eigenvalue weighted by atomic mass is 16.5. The summed E-state index contributed by atoms with van der Waals surface area (Å²) in [5, 5.41) is 0.921. The topological polar surface area (TPSA) is 42.4 Å². The molecular weight excluding hydrogens is 335 g/mol. The van der Waals surface area contributed by atoms with Gasteiger partial charge in [-0.25, -0.2) is 4.98 Å². The van der Waals surface area contributed by atoms with Crippen molar-refractivity contribution >= 4 is 31.2 Å². The van der Waals surface area contributed by atoms with Gasteiger partial charge in [-0.3, -0.25) is 0 Å². The molecule has 1 aliphatic heterocycles. The lowest BCUT2D eigenvalue weighted by Gasteiger charge is -2.17. The average molecular weight is 354 g/mol. The van der Waals surface area contributed by atoms with Crippen LogP contribution in [0.3, 0.4) is 0 Å². The first-order chi connectivity index (χ1) is 13.2. The second-order valence-electron chi connectivity index (χ2n) is 6.73. The number of nitrogens with zero attached hydrogens (tertiary/aromatic N) is 2. The van der Waals surface area contributed by atoms with E-state index in [2.05, 4.69) is 6.58 Å². The Morgan fingerprint density at radius 3 is 2.70 bits per heavy atom. The molecule has 1 aromatic heterocycles. The summed E-state index contributed by atoms with van der Waals surface area (Å²) in [6.07, 6.45) is 3.10. The smallest absolute Gasteiger partial charge is 0.183 e. The van der Waals surface area contributed by atoms with E-state index in [1.807, 2.05) is 54.6 Å². The fourth-order valence-electron chi connectivity index (χ4n) is 3.44. The van der Waals surface area contributed by atoms with Crippen LogP contribution in [0.4, 0.5) is 0 Å². The maximum atomic E-state index is 11.2. The van der Waals surface area contributed by atoms with Crippen molar-refractivity contribution in [2.24, 2.45) is 0 Å². The SMILES string of the molecule is [B]N1C[C@H](Oc2cc(-c3ccccc3)nc3ccc(C=C)cc23)C[C@H]1C=O. The van der Waals surface area contributed by atoms with E-state index in [1.165, 1.54) is 4.81 Å². The van der Waals surface area contributed by atoms with Crippen LogP contribution < -0.4 is 4.74 Å². The third-order valence-electron chi connectivity index (χ3n) is 4.90. The molecule has 2 radical (unpaired) electrons. The van der Waals surface area contributed by atoms with Crippen molar-refractivity contribution in [1.82, 2.24) is 9.79 Å². The summed E-state index contributed by atoms with van der Waals surface area (Å²) in [7, 11) is 5.91. The highest BCUT2D eigenvalue weighted by Gasteiger charge is 2.30. The Morgan fingerprint density at radius 1 is 1.19 bits per heavy atom. The standard InChI is InChI=1S/C22H19BN2O2/c1-2-15-8-9-20-19(10-15)22(27-18-11-17(14-26)25(23)13-18)12-21(24-20)16-6-4-3-5-7-16/h2-10,12,14,17-18H,1,11,13H2/t17-,18+/m0/s1. The van der Waals surface area contributed by atoms with E-state index >= 15 is 0 Å². The Balaban J connectivity index is 1.78. The second kappa shape index (κ2) is 7.37. The molecular formula is C22H19BN2O2. The number of ether oxygens (including phenoxy) is 1. The first kappa shape index (κ1) is 17.5. The number of hydrogen-bond donors (Lipinski definition) is 0. The van der Waals surface area contributed by atoms with Gasteiger partial charge in [0.25, 0.3) is 0 Å². The van der Waals surface area contributed by atoms with Crippen molar-refractivity contribution in [3.05, 3.63) is 66.7 Å². The summed E-state index contributed by atoms with van der Waals surface area (Å²) in [6.45, 7) is 4.35. The molecule has 3 aromatic rings. The van der Waals surface area contributed by atoms with Gasteiger partial charge in [-0.1, -0.05) is 49.1 Å². The molecule has 0 saturated carbocycles. The summed E-state index contributed by atoms with van der Waals surface area (Å²) >= 11 is 0. The molecule has 1 fully saturated rings. The van der Waals surface area contributed by atoms with Crippen LogP contribution in [0.2, 0.25) is 0 Å². The molecule has 0 amide bonds. The van der Waals surface area contributed by atoms with Gasteiger partial charge >= 0.3 is 0 Å². The van der Waals surface area contributed by atoms with Gasteiger partial charge in [-0.2, -0.15) is 0 Å². The van der Waals surface area contributed by atoms with Gasteiger partial charge in [-0.15, -0.1) is 0 Å². The zero-order valence-electron chi connectivity index (χ0n) is 14.9. The maximum absolute atomic E-state index is 11.2. The van der Waals surface area contributed by atoms with E-state index in [9.17, 15) is 4.79 Å². The zero-order valence-corrected chi connectivity index (χ0v) is 14.9. The minimum Gasteiger partial charge on any atom is -0.488 e. The van der Waals surface area contributed by atoms with Crippen LogP contribution in [0.25, 0.3) is 28.2 Å². The lowest BCUT2D eigenvalue weighted by Crippen LogP contribution is -2.28. The van der Waals surface area contributed by atoms with Crippen molar-refractivity contribution in [2.75, 3.05) is 6.54 Å². The number of pyridine rings is 1. The molecule has 0 aliphatic carbocycles. The quantitative estimate of drug-likeness (QED) is 0.518. The molecule has 0 bridgehead atoms. The number of hydrogen-bond acceptors (Lipinski definition) is 4. The lowest BCUT2D eigenvalue weighted by molar-refractivity contribution is -0.110. The number of benzene rings is 2. The summed E-state index contributed by atoms with van der Waals surface area (Å²) < 4.78 is 6.30. The molecule has 2 aromatic carbocycles. The molecule has 2 atom stereocenters. The summed E-state index contributed by atoms with van der Waals surface area (Å²) in [4.78, 5) is 17.5. The predicted octanol–water partition coefficient (Wildman–Crippen LogP) is 3.65. The number of rotatable bonds is 5. The van der Waals surface area contributed by atoms with Gasteiger partial charge in [0.1, 0.15) is 18.1 Å². The molecule has 2 heterocycles. The average Bonchev–Trinajstić information content (AvgIpc) is 3.07. The van der Waals surface area contributed by atoms with E-state index in [0.29, 0.717) is 13.0 Å². The predicted molar refractivity (Wildman–Crippen MR) is 109 cm³/mol. The highest BCUT2D eigenvalue weighted by Crippen LogP contribution is 2.33. The van der Waals surface area contributed by atoms with Gasteiger partial charge in [0.2, 0.25) is 0 Å². The normalized spacial score (nSPS) is 19.9. The number of carbonyl (C=O) groups excluding carboxylic acids is 1. The van der Waals surface area contributed by atoms with Gasteiger partial charge in [0.15, 0.2) is 7.98 Å². The van der Waals surface area contributed by atoms with Gasteiger partial charge in [-0.05, 0) is 17.7 Å². The number of aldehydes is 1. The zero-order chi connectivity index (χ0) is 18.8. The molecule has 5 heteroatoms. The van der Waals surface area contributed by atoms with Crippen LogP contribution in [0.15, 0.2) is 61.2 Å². The fraction of sp³-hybridized carbons (Fsp3) is 0.182. The van der Waals surface area contributed by atoms with Crippen molar-refractivity contribution in [2.45, 2.75) is 18.6 Å². The minimum absolute atomic E-state index is 0.146. The van der Waals surface area contributed by atoms with Crippen LogP contribution in [0.1, 0.15) is 12.0 Å². The van der Waals surface area contributed by atoms with Gasteiger partial charge < -0.3 is 14.3 Å². The van der Waals surface area contributed by atoms with Crippen LogP contribution >= 0.6 is 0 Å². The summed E-state index contributed by atoms with van der Waals surface area (Å²) in [6, 6.07) is 17.6. The number of fused-ring (bicyclic) bond motifs is 1. The molecule has 1 aliphatic rings. The third kappa shape index (κ3) is 3.51. The van der Waals surface area contributed by atoms with E-state index in [0.717, 1.165) is 39.8 Å². The van der Waals surface area contributed by atoms with Crippen molar-refractivity contribution < 1.29 is 9.53 Å². The molecule has 4 rings (SSSR count). The lowest BCUT2D eigenvalue weighted by atomic mass is 10.1. The van der Waals surface area contributed by atoms with Crippen LogP contribution in [-0.4, -0.2) is 42.8 Å². The third-order valence-corrected chi connectivity index (χ3v) is 4.90. The Labute approximate surface area is 159 Å². The van der Waals surface area contributed by atoms with Crippen LogP contribution in [0, 0.1) is 0 Å². The monoisotopic (exact) mass is 354 g/mol. The highest BCUT2D eigenvalue weighted by molar-refractivity contribution is 6.06. The fourth-order valence-corrected chi connectivity index (χ4v) is 3.44. The van der Waals surface area contributed by atoms with E-state index in [4.69, 9.17) is 17.7 Å². The van der Waals surface area contributed by atoms with Gasteiger partial charge in [0.05, 0.1) is 17.3 Å². The van der Waals surface area contributed by atoms with Gasteiger partial charge in [0, 0.05) is 30.0 Å². The van der Waals surface area contributed by atoms with Crippen LogP contribution in [-0.2, 0) is 4.79 Å². The van der Waals surface area contributed by atoms with Crippen molar-refractivity contribution in [1.29, 1.82) is 0 Å². The molecule has 0 N–H and O–H groups in total.